The number of hydrogen-bond acceptors (Lipinski definition) is 7. The Balaban J connectivity index is 1.00. The fraction of sp³-hybridized carbons (Fsp3) is 0.269. The van der Waals surface area contributed by atoms with Crippen LogP contribution < -0.4 is 9.47 Å². The molecule has 1 fully saturated rings. The zero-order chi connectivity index (χ0) is 23.6. The Hall–Kier alpha value is -4.11. The van der Waals surface area contributed by atoms with Gasteiger partial charge in [-0.1, -0.05) is 29.4 Å². The van der Waals surface area contributed by atoms with Crippen molar-refractivity contribution < 1.29 is 18.8 Å². The highest BCUT2D eigenvalue weighted by atomic mass is 16.7. The molecule has 1 N–H and O–H groups in total. The second-order valence-corrected chi connectivity index (χ2v) is 8.69. The number of benzene rings is 2. The van der Waals surface area contributed by atoms with Crippen molar-refractivity contribution in [3.63, 3.8) is 0 Å². The van der Waals surface area contributed by atoms with Crippen LogP contribution in [0.1, 0.15) is 22.8 Å². The highest BCUT2D eigenvalue weighted by molar-refractivity contribution is 5.92. The average Bonchev–Trinajstić information content (AvgIpc) is 3.63. The number of piperazine rings is 1. The topological polar surface area (TPSA) is 96.7 Å². The second-order valence-electron chi connectivity index (χ2n) is 8.69. The second kappa shape index (κ2) is 9.27. The molecular formula is C26H25N5O4. The maximum absolute atomic E-state index is 12.6. The van der Waals surface area contributed by atoms with Gasteiger partial charge in [0.05, 0.1) is 13.0 Å². The van der Waals surface area contributed by atoms with E-state index in [-0.39, 0.29) is 12.7 Å². The van der Waals surface area contributed by atoms with Crippen LogP contribution in [-0.2, 0) is 17.8 Å². The quantitative estimate of drug-likeness (QED) is 0.431. The molecule has 1 amide bonds. The van der Waals surface area contributed by atoms with Crippen LogP contribution in [0.15, 0.2) is 59.3 Å². The van der Waals surface area contributed by atoms with E-state index in [0.29, 0.717) is 43.5 Å². The third kappa shape index (κ3) is 4.63. The minimum Gasteiger partial charge on any atom is -0.454 e. The van der Waals surface area contributed by atoms with Crippen molar-refractivity contribution in [1.82, 2.24) is 24.9 Å². The van der Waals surface area contributed by atoms with Gasteiger partial charge in [0, 0.05) is 49.4 Å². The number of aromatic amines is 1. The fourth-order valence-corrected chi connectivity index (χ4v) is 4.48. The standard InChI is InChI=1S/C26H25N5O4/c32-26(8-6-18-5-7-22-23(13-18)34-17-33-22)31-11-9-30(10-12-31)16-24-28-25(35-29-24)14-19-15-27-21-4-2-1-3-20(19)21/h1-8,13,15,27H,9-12,14,16-17H2/b8-6+. The molecule has 0 bridgehead atoms. The molecule has 4 aromatic rings. The fourth-order valence-electron chi connectivity index (χ4n) is 4.48. The molecule has 0 radical (unpaired) electrons. The van der Waals surface area contributed by atoms with Crippen LogP contribution >= 0.6 is 0 Å². The van der Waals surface area contributed by atoms with Gasteiger partial charge >= 0.3 is 0 Å². The largest absolute Gasteiger partial charge is 0.454 e. The molecule has 178 valence electrons. The molecule has 4 heterocycles. The van der Waals surface area contributed by atoms with Gasteiger partial charge in [0.1, 0.15) is 0 Å². The molecule has 0 unspecified atom stereocenters. The van der Waals surface area contributed by atoms with Crippen molar-refractivity contribution in [2.24, 2.45) is 0 Å². The number of aromatic nitrogens is 3. The smallest absolute Gasteiger partial charge is 0.246 e. The number of H-pyrrole nitrogens is 1. The first-order valence-corrected chi connectivity index (χ1v) is 11.7. The number of rotatable bonds is 6. The highest BCUT2D eigenvalue weighted by Gasteiger charge is 2.21. The lowest BCUT2D eigenvalue weighted by atomic mass is 10.1. The van der Waals surface area contributed by atoms with E-state index in [2.05, 4.69) is 32.2 Å². The third-order valence-electron chi connectivity index (χ3n) is 6.39. The molecule has 35 heavy (non-hydrogen) atoms. The van der Waals surface area contributed by atoms with Crippen LogP contribution in [0.3, 0.4) is 0 Å². The summed E-state index contributed by atoms with van der Waals surface area (Å²) in [6.45, 7) is 3.67. The molecule has 2 aromatic heterocycles. The number of amides is 1. The zero-order valence-electron chi connectivity index (χ0n) is 19.1. The lowest BCUT2D eigenvalue weighted by Gasteiger charge is -2.33. The summed E-state index contributed by atoms with van der Waals surface area (Å²) in [6, 6.07) is 13.8. The van der Waals surface area contributed by atoms with Crippen molar-refractivity contribution in [1.29, 1.82) is 0 Å². The molecule has 9 heteroatoms. The van der Waals surface area contributed by atoms with Gasteiger partial charge in [-0.05, 0) is 35.4 Å². The monoisotopic (exact) mass is 471 g/mol. The Morgan fingerprint density at radius 2 is 1.91 bits per heavy atom. The van der Waals surface area contributed by atoms with Gasteiger partial charge in [0.15, 0.2) is 17.3 Å². The van der Waals surface area contributed by atoms with Crippen LogP contribution in [0.25, 0.3) is 17.0 Å². The van der Waals surface area contributed by atoms with Crippen LogP contribution in [0, 0.1) is 0 Å². The Labute approximate surface area is 201 Å². The van der Waals surface area contributed by atoms with Gasteiger partial charge in [-0.25, -0.2) is 0 Å². The summed E-state index contributed by atoms with van der Waals surface area (Å²) in [5.74, 6) is 2.72. The molecule has 2 aliphatic heterocycles. The van der Waals surface area contributed by atoms with E-state index in [1.54, 1.807) is 6.08 Å². The molecule has 0 saturated carbocycles. The number of hydrogen-bond donors (Lipinski definition) is 1. The lowest BCUT2D eigenvalue weighted by Crippen LogP contribution is -2.47. The molecular weight excluding hydrogens is 446 g/mol. The number of ether oxygens (including phenoxy) is 2. The molecule has 2 aromatic carbocycles. The van der Waals surface area contributed by atoms with E-state index in [1.807, 2.05) is 47.5 Å². The third-order valence-corrected chi connectivity index (χ3v) is 6.39. The Kier molecular flexibility index (Phi) is 5.67. The van der Waals surface area contributed by atoms with Gasteiger partial charge in [-0.2, -0.15) is 4.98 Å². The SMILES string of the molecule is O=C(/C=C/c1ccc2c(c1)OCO2)N1CCN(Cc2noc(Cc3c[nH]c4ccccc34)n2)CC1. The van der Waals surface area contributed by atoms with Crippen LogP contribution in [0.2, 0.25) is 0 Å². The Bertz CT molecular complexity index is 1380. The van der Waals surface area contributed by atoms with E-state index in [9.17, 15) is 4.79 Å². The molecule has 0 aliphatic carbocycles. The summed E-state index contributed by atoms with van der Waals surface area (Å²) in [5, 5.41) is 5.33. The predicted octanol–water partition coefficient (Wildman–Crippen LogP) is 3.23. The summed E-state index contributed by atoms with van der Waals surface area (Å²) >= 11 is 0. The Morgan fingerprint density at radius 1 is 1.06 bits per heavy atom. The molecule has 0 spiro atoms. The molecule has 0 atom stereocenters. The highest BCUT2D eigenvalue weighted by Crippen LogP contribution is 2.32. The number of nitrogens with zero attached hydrogens (tertiary/aromatic N) is 4. The predicted molar refractivity (Wildman–Crippen MR) is 129 cm³/mol. The molecule has 6 rings (SSSR count). The van der Waals surface area contributed by atoms with E-state index in [4.69, 9.17) is 14.0 Å². The maximum Gasteiger partial charge on any atom is 0.246 e. The molecule has 1 saturated heterocycles. The first kappa shape index (κ1) is 21.4. The normalized spacial score (nSPS) is 15.9. The average molecular weight is 472 g/mol. The van der Waals surface area contributed by atoms with Crippen LogP contribution in [0.5, 0.6) is 11.5 Å². The number of para-hydroxylation sites is 1. The summed E-state index contributed by atoms with van der Waals surface area (Å²) in [7, 11) is 0. The minimum atomic E-state index is 0.00268. The lowest BCUT2D eigenvalue weighted by molar-refractivity contribution is -0.127. The number of fused-ring (bicyclic) bond motifs is 2. The first-order chi connectivity index (χ1) is 17.2. The minimum absolute atomic E-state index is 0.00268. The van der Waals surface area contributed by atoms with E-state index < -0.39 is 0 Å². The van der Waals surface area contributed by atoms with Gasteiger partial charge in [0.2, 0.25) is 18.6 Å². The van der Waals surface area contributed by atoms with Gasteiger partial charge in [-0.3, -0.25) is 9.69 Å². The number of nitrogens with one attached hydrogen (secondary N) is 1. The van der Waals surface area contributed by atoms with Crippen molar-refractivity contribution in [3.05, 3.63) is 77.6 Å². The number of carbonyl (C=O) groups excluding carboxylic acids is 1. The zero-order valence-corrected chi connectivity index (χ0v) is 19.1. The van der Waals surface area contributed by atoms with Crippen LogP contribution in [-0.4, -0.2) is 63.8 Å². The summed E-state index contributed by atoms with van der Waals surface area (Å²) in [6.07, 6.45) is 6.01. The maximum atomic E-state index is 12.6. The van der Waals surface area contributed by atoms with E-state index in [1.165, 1.54) is 5.39 Å². The number of carbonyl (C=O) groups is 1. The van der Waals surface area contributed by atoms with Crippen LogP contribution in [0.4, 0.5) is 0 Å². The van der Waals surface area contributed by atoms with Crippen molar-refractivity contribution in [3.8, 4) is 11.5 Å². The summed E-state index contributed by atoms with van der Waals surface area (Å²) < 4.78 is 16.2. The summed E-state index contributed by atoms with van der Waals surface area (Å²) in [4.78, 5) is 24.6. The Morgan fingerprint density at radius 3 is 2.83 bits per heavy atom. The van der Waals surface area contributed by atoms with Crippen molar-refractivity contribution in [2.75, 3.05) is 33.0 Å². The first-order valence-electron chi connectivity index (χ1n) is 11.7. The van der Waals surface area contributed by atoms with Gasteiger partial charge in [0.25, 0.3) is 0 Å². The molecule has 2 aliphatic rings. The van der Waals surface area contributed by atoms with E-state index in [0.717, 1.165) is 35.5 Å². The van der Waals surface area contributed by atoms with Crippen molar-refractivity contribution >= 4 is 22.9 Å². The van der Waals surface area contributed by atoms with Gasteiger partial charge < -0.3 is 23.9 Å². The van der Waals surface area contributed by atoms with Crippen molar-refractivity contribution in [2.45, 2.75) is 13.0 Å². The molecule has 9 nitrogen and oxygen atoms in total. The van der Waals surface area contributed by atoms with E-state index >= 15 is 0 Å². The van der Waals surface area contributed by atoms with Gasteiger partial charge in [-0.15, -0.1) is 0 Å². The summed E-state index contributed by atoms with van der Waals surface area (Å²) in [5.41, 5.74) is 3.14.